The van der Waals surface area contributed by atoms with Crippen LogP contribution in [0.4, 0.5) is 8.78 Å². The smallest absolute Gasteiger partial charge is 0.313 e. The highest BCUT2D eigenvalue weighted by atomic mass is 32.2. The van der Waals surface area contributed by atoms with E-state index in [1.807, 2.05) is 0 Å². The van der Waals surface area contributed by atoms with E-state index >= 15 is 0 Å². The van der Waals surface area contributed by atoms with E-state index < -0.39 is 23.2 Å². The van der Waals surface area contributed by atoms with Gasteiger partial charge in [0.15, 0.2) is 5.16 Å². The molecule has 21 heavy (non-hydrogen) atoms. The summed E-state index contributed by atoms with van der Waals surface area (Å²) >= 11 is 0.853. The van der Waals surface area contributed by atoms with E-state index in [2.05, 4.69) is 4.98 Å². The Bertz CT molecular complexity index is 734. The van der Waals surface area contributed by atoms with Crippen molar-refractivity contribution in [1.82, 2.24) is 9.55 Å². The molecule has 0 aliphatic heterocycles. The van der Waals surface area contributed by atoms with Crippen LogP contribution in [-0.4, -0.2) is 26.4 Å². The average molecular weight is 312 g/mol. The summed E-state index contributed by atoms with van der Waals surface area (Å²) in [6.45, 7) is 0.0152. The van der Waals surface area contributed by atoms with Crippen molar-refractivity contribution in [3.8, 4) is 0 Å². The lowest BCUT2D eigenvalue weighted by Gasteiger charge is -2.11. The first-order chi connectivity index (χ1) is 9.95. The number of hydrogen-bond donors (Lipinski definition) is 1. The zero-order valence-electron chi connectivity index (χ0n) is 10.6. The Hall–Kier alpha value is -2.22. The minimum atomic E-state index is -1.06. The summed E-state index contributed by atoms with van der Waals surface area (Å²) in [5.74, 6) is -2.74. The van der Waals surface area contributed by atoms with Crippen LogP contribution in [0.5, 0.6) is 0 Å². The van der Waals surface area contributed by atoms with Crippen LogP contribution in [0.1, 0.15) is 5.56 Å². The summed E-state index contributed by atoms with van der Waals surface area (Å²) in [4.78, 5) is 25.5. The first kappa shape index (κ1) is 15.2. The van der Waals surface area contributed by atoms with E-state index in [4.69, 9.17) is 5.11 Å². The predicted octanol–water partition coefficient (Wildman–Crippen LogP) is 1.75. The number of nitrogens with zero attached hydrogens (tertiary/aromatic N) is 2. The van der Waals surface area contributed by atoms with Crippen LogP contribution in [0, 0.1) is 11.6 Å². The van der Waals surface area contributed by atoms with Crippen LogP contribution in [0.3, 0.4) is 0 Å². The van der Waals surface area contributed by atoms with Gasteiger partial charge in [0.25, 0.3) is 5.56 Å². The van der Waals surface area contributed by atoms with Gasteiger partial charge in [0.2, 0.25) is 0 Å². The van der Waals surface area contributed by atoms with E-state index in [0.717, 1.165) is 23.9 Å². The number of hydrogen-bond acceptors (Lipinski definition) is 4. The Balaban J connectivity index is 2.30. The Morgan fingerprint density at radius 3 is 2.76 bits per heavy atom. The molecule has 0 amide bonds. The lowest BCUT2D eigenvalue weighted by Crippen LogP contribution is -2.15. The molecule has 0 aliphatic carbocycles. The van der Waals surface area contributed by atoms with Crippen LogP contribution in [0.15, 0.2) is 40.4 Å². The van der Waals surface area contributed by atoms with Crippen LogP contribution in [0.2, 0.25) is 0 Å². The highest BCUT2D eigenvalue weighted by Crippen LogP contribution is 2.17. The van der Waals surface area contributed by atoms with Crippen molar-refractivity contribution in [1.29, 1.82) is 0 Å². The number of thioether (sulfide) groups is 1. The average Bonchev–Trinajstić information content (AvgIpc) is 2.41. The molecule has 0 saturated carbocycles. The van der Waals surface area contributed by atoms with Crippen molar-refractivity contribution in [2.75, 3.05) is 5.75 Å². The molecule has 0 atom stereocenters. The predicted molar refractivity (Wildman–Crippen MR) is 72.3 cm³/mol. The summed E-state index contributed by atoms with van der Waals surface area (Å²) in [5.41, 5.74) is -0.308. The van der Waals surface area contributed by atoms with Gasteiger partial charge in [0, 0.05) is 23.9 Å². The largest absolute Gasteiger partial charge is 0.481 e. The highest BCUT2D eigenvalue weighted by Gasteiger charge is 2.10. The summed E-state index contributed by atoms with van der Waals surface area (Å²) < 4.78 is 27.9. The SMILES string of the molecule is O=C(O)CSc1nc(=O)ccn1Cc1ccc(F)cc1F. The quantitative estimate of drug-likeness (QED) is 0.672. The van der Waals surface area contributed by atoms with Gasteiger partial charge in [0.1, 0.15) is 11.6 Å². The molecule has 0 radical (unpaired) electrons. The number of rotatable bonds is 5. The Morgan fingerprint density at radius 2 is 2.10 bits per heavy atom. The molecule has 0 aliphatic rings. The van der Waals surface area contributed by atoms with E-state index in [-0.39, 0.29) is 23.0 Å². The summed E-state index contributed by atoms with van der Waals surface area (Å²) in [6, 6.07) is 4.36. The van der Waals surface area contributed by atoms with Crippen molar-refractivity contribution < 1.29 is 18.7 Å². The van der Waals surface area contributed by atoms with Crippen molar-refractivity contribution in [3.05, 3.63) is 58.0 Å². The van der Waals surface area contributed by atoms with Crippen molar-refractivity contribution in [3.63, 3.8) is 0 Å². The minimum absolute atomic E-state index is 0.0152. The number of benzene rings is 1. The second-order valence-electron chi connectivity index (χ2n) is 4.09. The fourth-order valence-corrected chi connectivity index (χ4v) is 2.31. The first-order valence-electron chi connectivity index (χ1n) is 5.82. The van der Waals surface area contributed by atoms with Crippen LogP contribution in [0.25, 0.3) is 0 Å². The Morgan fingerprint density at radius 1 is 1.33 bits per heavy atom. The highest BCUT2D eigenvalue weighted by molar-refractivity contribution is 7.99. The van der Waals surface area contributed by atoms with Crippen molar-refractivity contribution in [2.45, 2.75) is 11.7 Å². The number of carboxylic acids is 1. The normalized spacial score (nSPS) is 10.6. The van der Waals surface area contributed by atoms with Crippen molar-refractivity contribution in [2.24, 2.45) is 0 Å². The van der Waals surface area contributed by atoms with E-state index in [0.29, 0.717) is 0 Å². The maximum absolute atomic E-state index is 13.6. The first-order valence-corrected chi connectivity index (χ1v) is 6.80. The molecule has 0 unspecified atom stereocenters. The number of halogens is 2. The molecule has 0 fully saturated rings. The molecule has 1 aromatic carbocycles. The third-order valence-corrected chi connectivity index (χ3v) is 3.50. The molecule has 1 N–H and O–H groups in total. The molecule has 2 rings (SSSR count). The standard InChI is InChI=1S/C13H10F2N2O3S/c14-9-2-1-8(10(15)5-9)6-17-4-3-11(18)16-13(17)21-7-12(19)20/h1-5H,6-7H2,(H,19,20). The van der Waals surface area contributed by atoms with Gasteiger partial charge in [-0.1, -0.05) is 17.8 Å². The van der Waals surface area contributed by atoms with Crippen molar-refractivity contribution >= 4 is 17.7 Å². The molecule has 5 nitrogen and oxygen atoms in total. The number of carbonyl (C=O) groups is 1. The minimum Gasteiger partial charge on any atom is -0.481 e. The maximum atomic E-state index is 13.6. The number of aliphatic carboxylic acids is 1. The van der Waals surface area contributed by atoms with Gasteiger partial charge in [-0.15, -0.1) is 0 Å². The van der Waals surface area contributed by atoms with Crippen LogP contribution < -0.4 is 5.56 Å². The molecule has 0 spiro atoms. The van der Waals surface area contributed by atoms with Gasteiger partial charge < -0.3 is 9.67 Å². The third-order valence-electron chi connectivity index (χ3n) is 2.53. The molecule has 1 aromatic heterocycles. The number of carboxylic acid groups (broad SMARTS) is 1. The monoisotopic (exact) mass is 312 g/mol. The molecule has 0 bridgehead atoms. The summed E-state index contributed by atoms with van der Waals surface area (Å²) in [6.07, 6.45) is 1.39. The second kappa shape index (κ2) is 6.49. The van der Waals surface area contributed by atoms with Crippen LogP contribution in [-0.2, 0) is 11.3 Å². The molecule has 110 valence electrons. The molecular formula is C13H10F2N2O3S. The molecule has 0 saturated heterocycles. The third kappa shape index (κ3) is 4.12. The molecular weight excluding hydrogens is 302 g/mol. The van der Waals surface area contributed by atoms with Gasteiger partial charge in [-0.05, 0) is 6.07 Å². The fraction of sp³-hybridized carbons (Fsp3) is 0.154. The van der Waals surface area contributed by atoms with Gasteiger partial charge in [0.05, 0.1) is 12.3 Å². The van der Waals surface area contributed by atoms with E-state index in [1.165, 1.54) is 22.9 Å². The Labute approximate surface area is 122 Å². The lowest BCUT2D eigenvalue weighted by molar-refractivity contribution is -0.133. The van der Waals surface area contributed by atoms with Gasteiger partial charge in [-0.2, -0.15) is 4.98 Å². The lowest BCUT2D eigenvalue weighted by atomic mass is 10.2. The summed E-state index contributed by atoms with van der Waals surface area (Å²) in [5, 5.41) is 8.82. The van der Waals surface area contributed by atoms with Gasteiger partial charge >= 0.3 is 5.97 Å². The zero-order chi connectivity index (χ0) is 15.4. The van der Waals surface area contributed by atoms with Gasteiger partial charge in [-0.3, -0.25) is 9.59 Å². The van der Waals surface area contributed by atoms with E-state index in [9.17, 15) is 18.4 Å². The summed E-state index contributed by atoms with van der Waals surface area (Å²) in [7, 11) is 0. The Kier molecular flexibility index (Phi) is 4.69. The topological polar surface area (TPSA) is 72.2 Å². The fourth-order valence-electron chi connectivity index (χ4n) is 1.61. The maximum Gasteiger partial charge on any atom is 0.313 e. The number of aromatic nitrogens is 2. The van der Waals surface area contributed by atoms with E-state index in [1.54, 1.807) is 0 Å². The van der Waals surface area contributed by atoms with Crippen LogP contribution >= 0.6 is 11.8 Å². The second-order valence-corrected chi connectivity index (χ2v) is 5.04. The zero-order valence-corrected chi connectivity index (χ0v) is 11.4. The molecule has 8 heteroatoms. The molecule has 1 heterocycles. The molecule has 2 aromatic rings. The van der Waals surface area contributed by atoms with Gasteiger partial charge in [-0.25, -0.2) is 8.78 Å².